The van der Waals surface area contributed by atoms with E-state index >= 15 is 0 Å². The molecule has 1 aromatic heterocycles. The van der Waals surface area contributed by atoms with Crippen LogP contribution in [0, 0.1) is 0 Å². The van der Waals surface area contributed by atoms with Gasteiger partial charge in [0.1, 0.15) is 11.0 Å². The fourth-order valence-electron chi connectivity index (χ4n) is 5.27. The van der Waals surface area contributed by atoms with Gasteiger partial charge in [0.15, 0.2) is 9.84 Å². The smallest absolute Gasteiger partial charge is 0.410 e. The Labute approximate surface area is 213 Å². The second-order valence-electron chi connectivity index (χ2n) is 10.3. The predicted molar refractivity (Wildman–Crippen MR) is 136 cm³/mol. The third-order valence-electron chi connectivity index (χ3n) is 7.37. The van der Waals surface area contributed by atoms with E-state index in [0.717, 1.165) is 32.5 Å². The van der Waals surface area contributed by atoms with Crippen LogP contribution in [-0.2, 0) is 21.1 Å². The normalized spacial score (nSPS) is 24.1. The molecule has 1 aromatic carbocycles. The fraction of sp³-hybridized carbons (Fsp3) is 0.577. The van der Waals surface area contributed by atoms with Gasteiger partial charge in [0.2, 0.25) is 5.95 Å². The van der Waals surface area contributed by atoms with Gasteiger partial charge >= 0.3 is 6.09 Å². The summed E-state index contributed by atoms with van der Waals surface area (Å²) in [4.78, 5) is 28.2. The lowest BCUT2D eigenvalue weighted by molar-refractivity contribution is 0.00995. The molecular weight excluding hydrogens is 478 g/mol. The first-order chi connectivity index (χ1) is 17.3. The number of hydrogen-bond acceptors (Lipinski definition) is 8. The number of carbonyl (C=O) groups excluding carboxylic acids is 1. The Balaban J connectivity index is 1.13. The van der Waals surface area contributed by atoms with Gasteiger partial charge in [0, 0.05) is 32.7 Å². The molecular formula is C26H35N5O4S. The molecule has 2 aromatic rings. The molecule has 2 atom stereocenters. The molecule has 5 rings (SSSR count). The van der Waals surface area contributed by atoms with Gasteiger partial charge in [-0.1, -0.05) is 30.3 Å². The third-order valence-corrected chi connectivity index (χ3v) is 9.59. The molecule has 194 valence electrons. The highest BCUT2D eigenvalue weighted by Crippen LogP contribution is 2.33. The molecule has 36 heavy (non-hydrogen) atoms. The average molecular weight is 514 g/mol. The number of anilines is 1. The standard InChI is InChI=1S/C26H35N5O4S/c1-19-16-30(25-27-14-24(15-28-25)36(33,34)23-8-9-23)17-20(2)31(19)26(32)35-22-10-12-29(13-11-22)18-21-6-4-3-5-7-21/h3-7,14-15,19-20,22-23H,8-13,16-18H2,1-2H3/t19-,20-/m1/s1. The number of aromatic nitrogens is 2. The number of ether oxygens (including phenoxy) is 1. The van der Waals surface area contributed by atoms with Crippen LogP contribution in [-0.4, -0.2) is 83.9 Å². The molecule has 0 N–H and O–H groups in total. The maximum Gasteiger partial charge on any atom is 0.410 e. The molecule has 0 spiro atoms. The highest BCUT2D eigenvalue weighted by molar-refractivity contribution is 7.92. The zero-order valence-corrected chi connectivity index (χ0v) is 21.8. The Hall–Kier alpha value is -2.72. The molecule has 9 nitrogen and oxygen atoms in total. The van der Waals surface area contributed by atoms with Crippen molar-refractivity contribution in [1.82, 2.24) is 19.8 Å². The fourth-order valence-corrected chi connectivity index (χ4v) is 6.81. The summed E-state index contributed by atoms with van der Waals surface area (Å²) >= 11 is 0. The van der Waals surface area contributed by atoms with Crippen LogP contribution in [0.5, 0.6) is 0 Å². The topological polar surface area (TPSA) is 95.9 Å². The molecule has 0 unspecified atom stereocenters. The van der Waals surface area contributed by atoms with E-state index in [9.17, 15) is 13.2 Å². The summed E-state index contributed by atoms with van der Waals surface area (Å²) in [6.45, 7) is 7.86. The number of likely N-dealkylation sites (tertiary alicyclic amines) is 1. The van der Waals surface area contributed by atoms with Crippen LogP contribution in [0.1, 0.15) is 45.1 Å². The molecule has 3 aliphatic rings. The summed E-state index contributed by atoms with van der Waals surface area (Å²) in [5.41, 5.74) is 1.30. The van der Waals surface area contributed by atoms with Crippen molar-refractivity contribution in [2.75, 3.05) is 31.1 Å². The van der Waals surface area contributed by atoms with Gasteiger partial charge < -0.3 is 9.64 Å². The van der Waals surface area contributed by atoms with Crippen molar-refractivity contribution in [3.05, 3.63) is 48.3 Å². The lowest BCUT2D eigenvalue weighted by Gasteiger charge is -2.44. The Morgan fingerprint density at radius 3 is 2.17 bits per heavy atom. The van der Waals surface area contributed by atoms with Crippen LogP contribution in [0.3, 0.4) is 0 Å². The van der Waals surface area contributed by atoms with E-state index in [1.54, 1.807) is 0 Å². The lowest BCUT2D eigenvalue weighted by atomic mass is 10.1. The maximum atomic E-state index is 13.1. The number of benzene rings is 1. The number of sulfone groups is 1. The van der Waals surface area contributed by atoms with E-state index in [1.807, 2.05) is 29.7 Å². The molecule has 1 amide bonds. The predicted octanol–water partition coefficient (Wildman–Crippen LogP) is 3.11. The Morgan fingerprint density at radius 1 is 0.972 bits per heavy atom. The Kier molecular flexibility index (Phi) is 7.16. The number of rotatable bonds is 6. The number of piperazine rings is 1. The van der Waals surface area contributed by atoms with Crippen LogP contribution in [0.25, 0.3) is 0 Å². The highest BCUT2D eigenvalue weighted by Gasteiger charge is 2.38. The second kappa shape index (κ2) is 10.3. The van der Waals surface area contributed by atoms with E-state index in [1.165, 1.54) is 18.0 Å². The summed E-state index contributed by atoms with van der Waals surface area (Å²) in [6, 6.07) is 10.3. The number of carbonyl (C=O) groups is 1. The van der Waals surface area contributed by atoms with Gasteiger partial charge in [0.25, 0.3) is 0 Å². The van der Waals surface area contributed by atoms with E-state index in [4.69, 9.17) is 4.74 Å². The molecule has 1 aliphatic carbocycles. The highest BCUT2D eigenvalue weighted by atomic mass is 32.2. The van der Waals surface area contributed by atoms with Gasteiger partial charge in [-0.05, 0) is 45.1 Å². The molecule has 0 radical (unpaired) electrons. The molecule has 0 bridgehead atoms. The van der Waals surface area contributed by atoms with Gasteiger partial charge in [-0.3, -0.25) is 9.80 Å². The van der Waals surface area contributed by atoms with E-state index < -0.39 is 9.84 Å². The van der Waals surface area contributed by atoms with Crippen molar-refractivity contribution in [2.24, 2.45) is 0 Å². The molecule has 3 fully saturated rings. The summed E-state index contributed by atoms with van der Waals surface area (Å²) in [6.07, 6.45) is 5.60. The van der Waals surface area contributed by atoms with Crippen molar-refractivity contribution in [3.8, 4) is 0 Å². The van der Waals surface area contributed by atoms with Crippen molar-refractivity contribution in [3.63, 3.8) is 0 Å². The van der Waals surface area contributed by atoms with Crippen LogP contribution >= 0.6 is 0 Å². The van der Waals surface area contributed by atoms with Crippen molar-refractivity contribution >= 4 is 21.9 Å². The number of hydrogen-bond donors (Lipinski definition) is 0. The summed E-state index contributed by atoms with van der Waals surface area (Å²) < 4.78 is 30.8. The Bertz CT molecular complexity index is 1140. The van der Waals surface area contributed by atoms with E-state index in [0.29, 0.717) is 31.9 Å². The first-order valence-electron chi connectivity index (χ1n) is 12.9. The second-order valence-corrected chi connectivity index (χ2v) is 12.5. The number of piperidine rings is 1. The minimum atomic E-state index is -3.30. The minimum absolute atomic E-state index is 0.0637. The summed E-state index contributed by atoms with van der Waals surface area (Å²) in [5, 5.41) is -0.280. The van der Waals surface area contributed by atoms with E-state index in [2.05, 4.69) is 39.1 Å². The van der Waals surface area contributed by atoms with Crippen LogP contribution in [0.4, 0.5) is 10.7 Å². The van der Waals surface area contributed by atoms with Crippen LogP contribution in [0.2, 0.25) is 0 Å². The van der Waals surface area contributed by atoms with Gasteiger partial charge in [-0.25, -0.2) is 23.2 Å². The largest absolute Gasteiger partial charge is 0.446 e. The maximum absolute atomic E-state index is 13.1. The zero-order chi connectivity index (χ0) is 25.3. The molecule has 2 saturated heterocycles. The third kappa shape index (κ3) is 5.49. The van der Waals surface area contributed by atoms with Gasteiger partial charge in [-0.15, -0.1) is 0 Å². The van der Waals surface area contributed by atoms with E-state index in [-0.39, 0.29) is 34.4 Å². The van der Waals surface area contributed by atoms with Crippen LogP contribution < -0.4 is 4.90 Å². The SMILES string of the molecule is C[C@@H]1CN(c2ncc(S(=O)(=O)C3CC3)cn2)C[C@@H](C)N1C(=O)OC1CCN(Cc2ccccc2)CC1. The number of amides is 1. The minimum Gasteiger partial charge on any atom is -0.446 e. The summed E-state index contributed by atoms with van der Waals surface area (Å²) in [5.74, 6) is 0.488. The summed E-state index contributed by atoms with van der Waals surface area (Å²) in [7, 11) is -3.30. The molecule has 1 saturated carbocycles. The van der Waals surface area contributed by atoms with Crippen molar-refractivity contribution in [1.29, 1.82) is 0 Å². The average Bonchev–Trinajstić information content (AvgIpc) is 3.72. The molecule has 10 heteroatoms. The molecule has 2 aliphatic heterocycles. The first kappa shape index (κ1) is 25.0. The monoisotopic (exact) mass is 513 g/mol. The van der Waals surface area contributed by atoms with Crippen LogP contribution in [0.15, 0.2) is 47.6 Å². The zero-order valence-electron chi connectivity index (χ0n) is 21.0. The quantitative estimate of drug-likeness (QED) is 0.582. The Morgan fingerprint density at radius 2 is 1.58 bits per heavy atom. The van der Waals surface area contributed by atoms with Gasteiger partial charge in [-0.2, -0.15) is 0 Å². The molecule has 3 heterocycles. The number of nitrogens with zero attached hydrogens (tertiary/aromatic N) is 5. The van der Waals surface area contributed by atoms with Gasteiger partial charge in [0.05, 0.1) is 29.7 Å². The van der Waals surface area contributed by atoms with Crippen molar-refractivity contribution in [2.45, 2.75) is 74.4 Å². The first-order valence-corrected chi connectivity index (χ1v) is 14.4. The lowest BCUT2D eigenvalue weighted by Crippen LogP contribution is -2.59. The van der Waals surface area contributed by atoms with Crippen molar-refractivity contribution < 1.29 is 17.9 Å².